The van der Waals surface area contributed by atoms with Gasteiger partial charge in [-0.15, -0.1) is 0 Å². The van der Waals surface area contributed by atoms with Crippen LogP contribution in [0.1, 0.15) is 79.1 Å². The molecule has 0 bridgehead atoms. The largest absolute Gasteiger partial charge is 1.00 e. The molecule has 0 aliphatic rings. The number of halogens is 2. The van der Waals surface area contributed by atoms with E-state index in [2.05, 4.69) is 27.7 Å². The molecular weight excluding hydrogens is 607 g/mol. The van der Waals surface area contributed by atoms with Crippen LogP contribution < -0.4 is 34.0 Å². The van der Waals surface area contributed by atoms with Crippen molar-refractivity contribution in [3.05, 3.63) is 0 Å². The van der Waals surface area contributed by atoms with Crippen LogP contribution in [0.2, 0.25) is 17.9 Å². The molecule has 0 rings (SSSR count). The summed E-state index contributed by atoms with van der Waals surface area (Å²) in [5, 5.41) is 0. The van der Waals surface area contributed by atoms with Crippen LogP contribution in [0.4, 0.5) is 0 Å². The zero-order valence-corrected chi connectivity index (χ0v) is 21.9. The first-order chi connectivity index (χ1) is 8.83. The first-order valence-corrected chi connectivity index (χ1v) is 14.6. The third kappa shape index (κ3) is 37.1. The fourth-order valence-corrected chi connectivity index (χ4v) is 7.98. The minimum atomic E-state index is 0. The molecule has 0 unspecified atom stereocenters. The molecule has 0 nitrogen and oxygen atoms in total. The van der Waals surface area contributed by atoms with E-state index in [4.69, 9.17) is 0 Å². The van der Waals surface area contributed by atoms with E-state index in [1.807, 2.05) is 0 Å². The smallest absolute Gasteiger partial charge is 1.00 e. The van der Waals surface area contributed by atoms with Crippen LogP contribution >= 0.6 is 0 Å². The molecule has 0 N–H and O–H groups in total. The topological polar surface area (TPSA) is 0 Å². The summed E-state index contributed by atoms with van der Waals surface area (Å²) in [6.45, 7) is 9.14. The summed E-state index contributed by atoms with van der Waals surface area (Å²) in [7, 11) is 0. The van der Waals surface area contributed by atoms with E-state index in [1.165, 1.54) is 51.4 Å². The van der Waals surface area contributed by atoms with Crippen molar-refractivity contribution in [3.8, 4) is 0 Å². The third-order valence-corrected chi connectivity index (χ3v) is 9.16. The first-order valence-electron chi connectivity index (χ1n) is 7.98. The molecule has 0 amide bonds. The van der Waals surface area contributed by atoms with E-state index < -0.39 is 0 Å². The summed E-state index contributed by atoms with van der Waals surface area (Å²) < 4.78 is 6.34. The minimum Gasteiger partial charge on any atom is -1.00 e. The Hall–Kier alpha value is 2.54. The average molecular weight is 643 g/mol. The summed E-state index contributed by atoms with van der Waals surface area (Å²) in [5.74, 6) is 0. The van der Waals surface area contributed by atoms with Gasteiger partial charge in [0.2, 0.25) is 0 Å². The average Bonchev–Trinajstić information content (AvgIpc) is 2.39. The fourth-order valence-electron chi connectivity index (χ4n) is 1.19. The quantitative estimate of drug-likeness (QED) is 0.212. The van der Waals surface area contributed by atoms with Gasteiger partial charge in [0.25, 0.3) is 0 Å². The van der Waals surface area contributed by atoms with Crippen LogP contribution in [0, 0.1) is 0 Å². The van der Waals surface area contributed by atoms with Gasteiger partial charge in [-0.2, -0.15) is 0 Å². The van der Waals surface area contributed by atoms with Gasteiger partial charge >= 0.3 is 139 Å². The molecule has 0 atom stereocenters. The Bertz CT molecular complexity index is 99.0. The molecule has 20 heavy (non-hydrogen) atoms. The predicted molar refractivity (Wildman–Crippen MR) is 90.4 cm³/mol. The Morgan fingerprint density at radius 1 is 0.450 bits per heavy atom. The van der Waals surface area contributed by atoms with E-state index in [0.29, 0.717) is 41.8 Å². The molecule has 0 aromatic rings. The molecule has 0 aliphatic carbocycles. The van der Waals surface area contributed by atoms with E-state index in [-0.39, 0.29) is 34.0 Å². The second-order valence-corrected chi connectivity index (χ2v) is 11.6. The van der Waals surface area contributed by atoms with E-state index >= 15 is 0 Å². The molecule has 0 aromatic heterocycles. The molecule has 0 saturated carbocycles. The van der Waals surface area contributed by atoms with E-state index in [0.717, 1.165) is 0 Å². The van der Waals surface area contributed by atoms with Crippen LogP contribution in [0.3, 0.4) is 0 Å². The Morgan fingerprint density at radius 2 is 0.650 bits per heavy atom. The second-order valence-electron chi connectivity index (χ2n) is 4.64. The van der Waals surface area contributed by atoms with E-state index in [9.17, 15) is 0 Å². The molecule has 0 aliphatic heterocycles. The van der Waals surface area contributed by atoms with Gasteiger partial charge in [-0.05, 0) is 0 Å². The van der Waals surface area contributed by atoms with Gasteiger partial charge in [0.1, 0.15) is 0 Å². The number of rotatable bonds is 12. The van der Waals surface area contributed by atoms with Crippen LogP contribution in [0.25, 0.3) is 0 Å². The van der Waals surface area contributed by atoms with Crippen LogP contribution in [0.15, 0.2) is 0 Å². The molecule has 0 aromatic carbocycles. The van der Waals surface area contributed by atoms with Crippen molar-refractivity contribution < 1.29 is 34.0 Å². The van der Waals surface area contributed by atoms with Gasteiger partial charge in [-0.3, -0.25) is 0 Å². The first kappa shape index (κ1) is 30.4. The van der Waals surface area contributed by atoms with Crippen molar-refractivity contribution in [1.29, 1.82) is 0 Å². The number of unbranched alkanes of at least 4 members (excludes halogenated alkanes) is 4. The Balaban J connectivity index is -0.000000116. The molecular formula is C16H36Br2Te2-2. The van der Waals surface area contributed by atoms with Crippen molar-refractivity contribution in [1.82, 2.24) is 0 Å². The molecule has 0 radical (unpaired) electrons. The molecule has 0 spiro atoms. The third-order valence-electron chi connectivity index (χ3n) is 2.57. The predicted octanol–water partition coefficient (Wildman–Crippen LogP) is 0.263. The SMILES string of the molecule is CCCC[Te]CCCC.CCCC[Te]CCCC.[Br-].[Br-]. The maximum atomic E-state index is 2.28. The summed E-state index contributed by atoms with van der Waals surface area (Å²) in [6.07, 6.45) is 11.6. The van der Waals surface area contributed by atoms with Gasteiger partial charge in [-0.1, -0.05) is 0 Å². The second kappa shape index (κ2) is 33.2. The van der Waals surface area contributed by atoms with Crippen molar-refractivity contribution >= 4 is 41.8 Å². The summed E-state index contributed by atoms with van der Waals surface area (Å²) >= 11 is 0.916. The van der Waals surface area contributed by atoms with Crippen molar-refractivity contribution in [2.45, 2.75) is 96.9 Å². The molecule has 128 valence electrons. The van der Waals surface area contributed by atoms with Crippen molar-refractivity contribution in [2.24, 2.45) is 0 Å². The van der Waals surface area contributed by atoms with Crippen LogP contribution in [-0.2, 0) is 0 Å². The number of hydrogen-bond donors (Lipinski definition) is 0. The normalized spacial score (nSPS) is 9.00. The van der Waals surface area contributed by atoms with Crippen LogP contribution in [-0.4, -0.2) is 41.8 Å². The maximum absolute atomic E-state index is 2.28. The molecule has 0 saturated heterocycles. The zero-order chi connectivity index (χ0) is 13.9. The minimum absolute atomic E-state index is 0. The Labute approximate surface area is 171 Å². The monoisotopic (exact) mass is 646 g/mol. The summed E-state index contributed by atoms with van der Waals surface area (Å²) in [4.78, 5) is 0. The zero-order valence-electron chi connectivity index (χ0n) is 14.1. The van der Waals surface area contributed by atoms with Crippen LogP contribution in [0.5, 0.6) is 0 Å². The van der Waals surface area contributed by atoms with E-state index in [1.54, 1.807) is 17.9 Å². The maximum Gasteiger partial charge on any atom is -1.00 e. The van der Waals surface area contributed by atoms with Gasteiger partial charge in [0, 0.05) is 0 Å². The van der Waals surface area contributed by atoms with Gasteiger partial charge < -0.3 is 34.0 Å². The Kier molecular flexibility index (Phi) is 50.5. The molecule has 0 fully saturated rings. The summed E-state index contributed by atoms with van der Waals surface area (Å²) in [6, 6.07) is 0. The Morgan fingerprint density at radius 3 is 0.800 bits per heavy atom. The van der Waals surface area contributed by atoms with Gasteiger partial charge in [0.15, 0.2) is 0 Å². The van der Waals surface area contributed by atoms with Gasteiger partial charge in [-0.25, -0.2) is 0 Å². The standard InChI is InChI=1S/2C8H18Te.2BrH/c2*1-3-5-7-9-8-6-4-2;;/h2*3-8H2,1-2H3;2*1H/p-2. The van der Waals surface area contributed by atoms with Crippen molar-refractivity contribution in [2.75, 3.05) is 0 Å². The fraction of sp³-hybridized carbons (Fsp3) is 1.00. The number of hydrogen-bond acceptors (Lipinski definition) is 0. The van der Waals surface area contributed by atoms with Gasteiger partial charge in [0.05, 0.1) is 0 Å². The molecule has 4 heteroatoms. The summed E-state index contributed by atoms with van der Waals surface area (Å²) in [5.41, 5.74) is 0. The van der Waals surface area contributed by atoms with Crippen molar-refractivity contribution in [3.63, 3.8) is 0 Å². The molecule has 0 heterocycles.